The van der Waals surface area contributed by atoms with E-state index in [9.17, 15) is 14.4 Å². The molecule has 3 heterocycles. The predicted octanol–water partition coefficient (Wildman–Crippen LogP) is 4.13. The molecule has 3 aromatic rings. The van der Waals surface area contributed by atoms with Crippen LogP contribution >= 0.6 is 11.6 Å². The van der Waals surface area contributed by atoms with E-state index in [0.717, 1.165) is 16.3 Å². The van der Waals surface area contributed by atoms with Gasteiger partial charge in [0.25, 0.3) is 5.91 Å². The van der Waals surface area contributed by atoms with Gasteiger partial charge in [0.1, 0.15) is 5.54 Å². The Labute approximate surface area is 201 Å². The highest BCUT2D eigenvalue weighted by Crippen LogP contribution is 2.36. The minimum atomic E-state index is -1.35. The number of Topliss-reactive ketones (excluding diaryl/α,β-unsaturated/α-hetero) is 1. The second-order valence-electron chi connectivity index (χ2n) is 8.51. The molecule has 0 spiro atoms. The molecule has 1 atom stereocenters. The van der Waals surface area contributed by atoms with Crippen LogP contribution in [0.5, 0.6) is 11.5 Å². The largest absolute Gasteiger partial charge is 0.454 e. The minimum absolute atomic E-state index is 0.172. The number of ketones is 1. The van der Waals surface area contributed by atoms with Gasteiger partial charge in [-0.1, -0.05) is 29.8 Å². The third kappa shape index (κ3) is 3.33. The van der Waals surface area contributed by atoms with Crippen molar-refractivity contribution in [3.05, 3.63) is 76.1 Å². The molecule has 1 aromatic heterocycles. The predicted molar refractivity (Wildman–Crippen MR) is 125 cm³/mol. The fraction of sp³-hybridized carbons (Fsp3) is 0.240. The van der Waals surface area contributed by atoms with Crippen LogP contribution in [0.25, 0.3) is 5.69 Å². The van der Waals surface area contributed by atoms with Crippen LogP contribution in [0.15, 0.2) is 48.5 Å². The lowest BCUT2D eigenvalue weighted by Crippen LogP contribution is -2.41. The molecule has 2 aliphatic rings. The quantitative estimate of drug-likeness (QED) is 0.439. The average Bonchev–Trinajstić information content (AvgIpc) is 3.45. The molecule has 0 bridgehead atoms. The summed E-state index contributed by atoms with van der Waals surface area (Å²) in [6.07, 6.45) is 0. The van der Waals surface area contributed by atoms with Crippen LogP contribution in [0.2, 0.25) is 5.02 Å². The molecule has 1 unspecified atom stereocenters. The zero-order valence-electron chi connectivity index (χ0n) is 18.8. The number of aromatic nitrogens is 1. The van der Waals surface area contributed by atoms with Gasteiger partial charge in [-0.2, -0.15) is 0 Å². The molecule has 8 nitrogen and oxygen atoms in total. The number of benzene rings is 2. The molecular weight excluding hydrogens is 458 g/mol. The molecule has 3 amide bonds. The van der Waals surface area contributed by atoms with Crippen LogP contribution in [0.3, 0.4) is 0 Å². The van der Waals surface area contributed by atoms with Crippen LogP contribution in [-0.2, 0) is 10.3 Å². The topological polar surface area (TPSA) is 89.9 Å². The number of aryl methyl sites for hydroxylation is 1. The molecule has 174 valence electrons. The van der Waals surface area contributed by atoms with Crippen molar-refractivity contribution in [2.24, 2.45) is 0 Å². The van der Waals surface area contributed by atoms with E-state index in [-0.39, 0.29) is 19.1 Å². The average molecular weight is 480 g/mol. The van der Waals surface area contributed by atoms with Crippen molar-refractivity contribution in [1.29, 1.82) is 0 Å². The van der Waals surface area contributed by atoms with Crippen molar-refractivity contribution in [2.75, 3.05) is 13.3 Å². The maximum absolute atomic E-state index is 13.3. The van der Waals surface area contributed by atoms with Crippen molar-refractivity contribution < 1.29 is 23.9 Å². The molecule has 1 saturated heterocycles. The van der Waals surface area contributed by atoms with E-state index >= 15 is 0 Å². The van der Waals surface area contributed by atoms with Gasteiger partial charge in [-0.05, 0) is 45.0 Å². The highest BCUT2D eigenvalue weighted by Gasteiger charge is 2.50. The van der Waals surface area contributed by atoms with Crippen molar-refractivity contribution in [1.82, 2.24) is 14.8 Å². The van der Waals surface area contributed by atoms with Crippen molar-refractivity contribution in [3.8, 4) is 17.2 Å². The molecule has 2 aliphatic heterocycles. The number of fused-ring (bicyclic) bond motifs is 1. The van der Waals surface area contributed by atoms with Crippen LogP contribution < -0.4 is 14.8 Å². The van der Waals surface area contributed by atoms with Crippen LogP contribution in [0, 0.1) is 13.8 Å². The zero-order valence-corrected chi connectivity index (χ0v) is 19.6. The van der Waals surface area contributed by atoms with E-state index in [0.29, 0.717) is 33.3 Å². The van der Waals surface area contributed by atoms with Crippen LogP contribution in [0.1, 0.15) is 34.2 Å². The molecule has 1 fully saturated rings. The van der Waals surface area contributed by atoms with E-state index < -0.39 is 17.5 Å². The number of nitrogens with one attached hydrogen (secondary N) is 1. The Morgan fingerprint density at radius 2 is 1.82 bits per heavy atom. The number of carbonyl (C=O) groups is 3. The highest BCUT2D eigenvalue weighted by molar-refractivity contribution is 6.32. The number of urea groups is 1. The molecule has 1 N–H and O–H groups in total. The Balaban J connectivity index is 1.42. The van der Waals surface area contributed by atoms with E-state index in [1.165, 1.54) is 0 Å². The molecule has 34 heavy (non-hydrogen) atoms. The molecule has 2 aromatic carbocycles. The summed E-state index contributed by atoms with van der Waals surface area (Å²) in [5.41, 5.74) is 1.91. The highest BCUT2D eigenvalue weighted by atomic mass is 35.5. The first kappa shape index (κ1) is 22.0. The lowest BCUT2D eigenvalue weighted by atomic mass is 9.92. The maximum atomic E-state index is 13.3. The lowest BCUT2D eigenvalue weighted by Gasteiger charge is -2.23. The van der Waals surface area contributed by atoms with Crippen LogP contribution in [0.4, 0.5) is 4.79 Å². The van der Waals surface area contributed by atoms with Gasteiger partial charge in [0.15, 0.2) is 17.3 Å². The number of hydrogen-bond donors (Lipinski definition) is 1. The summed E-state index contributed by atoms with van der Waals surface area (Å²) in [5.74, 6) is 0.439. The van der Waals surface area contributed by atoms with Gasteiger partial charge in [-0.15, -0.1) is 0 Å². The van der Waals surface area contributed by atoms with Crippen molar-refractivity contribution >= 4 is 29.3 Å². The summed E-state index contributed by atoms with van der Waals surface area (Å²) >= 11 is 6.28. The molecule has 0 radical (unpaired) electrons. The van der Waals surface area contributed by atoms with E-state index in [4.69, 9.17) is 21.1 Å². The molecule has 5 rings (SSSR count). The van der Waals surface area contributed by atoms with Gasteiger partial charge in [0.2, 0.25) is 6.79 Å². The minimum Gasteiger partial charge on any atom is -0.454 e. The Hall–Kier alpha value is -3.78. The standard InChI is InChI=1S/C25H22ClN3O5/c1-14-10-17(15(2)29(14)16-8-9-21-22(11-16)34-13-33-21)20(30)12-28-23(31)25(3,27-24(28)32)18-6-4-5-7-19(18)26/h4-11H,12-13H2,1-3H3,(H,27,32). The first-order valence-electron chi connectivity index (χ1n) is 10.7. The number of imide groups is 1. The Morgan fingerprint density at radius 3 is 2.59 bits per heavy atom. The SMILES string of the molecule is Cc1cc(C(=O)CN2C(=O)NC(C)(c3ccccc3Cl)C2=O)c(C)n1-c1ccc2c(c1)OCO2. The van der Waals surface area contributed by atoms with Crippen molar-refractivity contribution in [3.63, 3.8) is 0 Å². The summed E-state index contributed by atoms with van der Waals surface area (Å²) in [4.78, 5) is 40.1. The monoisotopic (exact) mass is 479 g/mol. The second-order valence-corrected chi connectivity index (χ2v) is 8.91. The summed E-state index contributed by atoms with van der Waals surface area (Å²) in [7, 11) is 0. The summed E-state index contributed by atoms with van der Waals surface area (Å²) in [6.45, 7) is 5.09. The van der Waals surface area contributed by atoms with Gasteiger partial charge in [-0.25, -0.2) is 4.79 Å². The first-order chi connectivity index (χ1) is 16.2. The Morgan fingerprint density at radius 1 is 1.09 bits per heavy atom. The lowest BCUT2D eigenvalue weighted by molar-refractivity contribution is -0.130. The van der Waals surface area contributed by atoms with E-state index in [1.54, 1.807) is 37.3 Å². The van der Waals surface area contributed by atoms with Crippen LogP contribution in [-0.4, -0.2) is 40.5 Å². The number of nitrogens with zero attached hydrogens (tertiary/aromatic N) is 2. The molecule has 0 saturated carbocycles. The summed E-state index contributed by atoms with van der Waals surface area (Å²) in [5, 5.41) is 3.06. The number of hydrogen-bond acceptors (Lipinski definition) is 5. The number of rotatable bonds is 5. The van der Waals surface area contributed by atoms with Gasteiger partial charge >= 0.3 is 6.03 Å². The second kappa shape index (κ2) is 7.92. The van der Waals surface area contributed by atoms with Crippen molar-refractivity contribution in [2.45, 2.75) is 26.3 Å². The van der Waals surface area contributed by atoms with Gasteiger partial charge in [-0.3, -0.25) is 14.5 Å². The van der Waals surface area contributed by atoms with Gasteiger partial charge < -0.3 is 19.4 Å². The van der Waals surface area contributed by atoms with E-state index in [2.05, 4.69) is 5.32 Å². The third-order valence-electron chi connectivity index (χ3n) is 6.34. The normalized spacial score (nSPS) is 19.0. The smallest absolute Gasteiger partial charge is 0.325 e. The number of ether oxygens (including phenoxy) is 2. The van der Waals surface area contributed by atoms with Gasteiger partial charge in [0, 0.05) is 39.3 Å². The Kier molecular flexibility index (Phi) is 5.13. The maximum Gasteiger partial charge on any atom is 0.325 e. The zero-order chi connectivity index (χ0) is 24.2. The summed E-state index contributed by atoms with van der Waals surface area (Å²) in [6, 6.07) is 13.5. The fourth-order valence-electron chi connectivity index (χ4n) is 4.59. The molecular formula is C25H22ClN3O5. The third-order valence-corrected chi connectivity index (χ3v) is 6.66. The molecule has 9 heteroatoms. The fourth-order valence-corrected chi connectivity index (χ4v) is 4.91. The number of halogens is 1. The first-order valence-corrected chi connectivity index (χ1v) is 11.1. The Bertz CT molecular complexity index is 1360. The van der Waals surface area contributed by atoms with Gasteiger partial charge in [0.05, 0.1) is 6.54 Å². The summed E-state index contributed by atoms with van der Waals surface area (Å²) < 4.78 is 12.8. The van der Waals surface area contributed by atoms with E-state index in [1.807, 2.05) is 36.6 Å². The molecule has 0 aliphatic carbocycles. The number of carbonyl (C=O) groups excluding carboxylic acids is 3. The number of amides is 3.